The third-order valence-corrected chi connectivity index (χ3v) is 2.50. The van der Waals surface area contributed by atoms with Crippen molar-refractivity contribution in [3.63, 3.8) is 0 Å². The van der Waals surface area contributed by atoms with Crippen molar-refractivity contribution in [2.24, 2.45) is 0 Å². The summed E-state index contributed by atoms with van der Waals surface area (Å²) in [6.07, 6.45) is 1.40. The summed E-state index contributed by atoms with van der Waals surface area (Å²) >= 11 is 1.02. The van der Waals surface area contributed by atoms with Crippen LogP contribution >= 0.6 is 11.5 Å². The lowest BCUT2D eigenvalue weighted by Crippen LogP contribution is -2.34. The zero-order valence-electron chi connectivity index (χ0n) is 9.02. The Balaban J connectivity index is 2.15. The number of hydrogen-bond donors (Lipinski definition) is 1. The second kappa shape index (κ2) is 5.73. The Bertz CT molecular complexity index is 517. The standard InChI is InChI=1S/C10H8N4O3S/c15-7-17-14(8-4-2-1-3-5-8)10(16)12-9-6-11-13-18-9/h1-7H,(H,12,16). The van der Waals surface area contributed by atoms with Crippen molar-refractivity contribution in [2.45, 2.75) is 0 Å². The number of hydrogen-bond acceptors (Lipinski definition) is 6. The summed E-state index contributed by atoms with van der Waals surface area (Å²) in [4.78, 5) is 27.0. The summed E-state index contributed by atoms with van der Waals surface area (Å²) < 4.78 is 3.60. The molecule has 0 saturated heterocycles. The number of benzene rings is 1. The van der Waals surface area contributed by atoms with Crippen LogP contribution in [-0.2, 0) is 9.63 Å². The first-order valence-electron chi connectivity index (χ1n) is 4.85. The first kappa shape index (κ1) is 12.0. The third kappa shape index (κ3) is 2.80. The van der Waals surface area contributed by atoms with Crippen molar-refractivity contribution in [3.05, 3.63) is 36.5 Å². The van der Waals surface area contributed by atoms with Crippen LogP contribution in [0.1, 0.15) is 0 Å². The maximum absolute atomic E-state index is 11.9. The molecule has 2 rings (SSSR count). The van der Waals surface area contributed by atoms with Gasteiger partial charge in [-0.15, -0.1) is 10.2 Å². The van der Waals surface area contributed by atoms with Crippen molar-refractivity contribution in [1.82, 2.24) is 9.59 Å². The van der Waals surface area contributed by atoms with E-state index in [-0.39, 0.29) is 6.47 Å². The first-order chi connectivity index (χ1) is 8.81. The van der Waals surface area contributed by atoms with Crippen LogP contribution in [0.5, 0.6) is 0 Å². The molecule has 0 spiro atoms. The molecular weight excluding hydrogens is 256 g/mol. The van der Waals surface area contributed by atoms with Gasteiger partial charge in [-0.3, -0.25) is 10.1 Å². The SMILES string of the molecule is O=CON(C(=O)Nc1cnns1)c1ccccc1. The molecule has 2 amide bonds. The summed E-state index contributed by atoms with van der Waals surface area (Å²) in [5, 5.41) is 7.37. The molecule has 92 valence electrons. The molecule has 0 aliphatic rings. The van der Waals surface area contributed by atoms with Gasteiger partial charge in [0.1, 0.15) is 5.00 Å². The van der Waals surface area contributed by atoms with Crippen molar-refractivity contribution in [3.8, 4) is 0 Å². The number of para-hydroxylation sites is 1. The highest BCUT2D eigenvalue weighted by Gasteiger charge is 2.17. The molecule has 0 aliphatic carbocycles. The van der Waals surface area contributed by atoms with E-state index in [1.165, 1.54) is 6.20 Å². The Morgan fingerprint density at radius 3 is 2.78 bits per heavy atom. The number of urea groups is 1. The van der Waals surface area contributed by atoms with Crippen LogP contribution in [0.2, 0.25) is 0 Å². The van der Waals surface area contributed by atoms with Crippen LogP contribution in [0.4, 0.5) is 15.5 Å². The molecule has 1 heterocycles. The number of carbonyl (C=O) groups is 2. The fourth-order valence-corrected chi connectivity index (χ4v) is 1.62. The number of nitrogens with one attached hydrogen (secondary N) is 1. The van der Waals surface area contributed by atoms with Crippen molar-refractivity contribution in [2.75, 3.05) is 10.4 Å². The minimum absolute atomic E-state index is 0.178. The monoisotopic (exact) mass is 264 g/mol. The second-order valence-corrected chi connectivity index (χ2v) is 3.83. The number of rotatable bonds is 4. The molecular formula is C10H8N4O3S. The number of aromatic nitrogens is 2. The maximum atomic E-state index is 11.9. The number of nitrogens with zero attached hydrogens (tertiary/aromatic N) is 3. The lowest BCUT2D eigenvalue weighted by molar-refractivity contribution is -0.128. The Morgan fingerprint density at radius 1 is 1.39 bits per heavy atom. The molecule has 0 radical (unpaired) electrons. The van der Waals surface area contributed by atoms with Crippen LogP contribution in [0.3, 0.4) is 0 Å². The van der Waals surface area contributed by atoms with Crippen LogP contribution in [-0.4, -0.2) is 22.1 Å². The van der Waals surface area contributed by atoms with Crippen LogP contribution < -0.4 is 10.4 Å². The van der Waals surface area contributed by atoms with E-state index in [1.807, 2.05) is 0 Å². The highest BCUT2D eigenvalue weighted by atomic mass is 32.1. The van der Waals surface area contributed by atoms with Gasteiger partial charge in [0.25, 0.3) is 0 Å². The van der Waals surface area contributed by atoms with Crippen molar-refractivity contribution < 1.29 is 14.4 Å². The van der Waals surface area contributed by atoms with E-state index < -0.39 is 6.03 Å². The van der Waals surface area contributed by atoms with E-state index in [1.54, 1.807) is 30.3 Å². The topological polar surface area (TPSA) is 84.4 Å². The molecule has 0 atom stereocenters. The van der Waals surface area contributed by atoms with Crippen molar-refractivity contribution >= 4 is 34.7 Å². The molecule has 1 aromatic heterocycles. The third-order valence-electron chi connectivity index (χ3n) is 1.92. The Hall–Kier alpha value is -2.48. The molecule has 0 bridgehead atoms. The average Bonchev–Trinajstić information content (AvgIpc) is 2.89. The average molecular weight is 264 g/mol. The Kier molecular flexibility index (Phi) is 3.82. The molecule has 0 fully saturated rings. The van der Waals surface area contributed by atoms with Crippen LogP contribution in [0.15, 0.2) is 36.5 Å². The highest BCUT2D eigenvalue weighted by molar-refractivity contribution is 7.10. The zero-order chi connectivity index (χ0) is 12.8. The van der Waals surface area contributed by atoms with E-state index in [0.29, 0.717) is 10.7 Å². The van der Waals surface area contributed by atoms with E-state index in [4.69, 9.17) is 0 Å². The maximum Gasteiger partial charge on any atom is 0.360 e. The number of carbonyl (C=O) groups excluding carboxylic acids is 2. The van der Waals surface area contributed by atoms with Gasteiger partial charge in [-0.25, -0.2) is 4.79 Å². The molecule has 7 nitrogen and oxygen atoms in total. The summed E-state index contributed by atoms with van der Waals surface area (Å²) in [7, 11) is 0. The minimum atomic E-state index is -0.612. The van der Waals surface area contributed by atoms with Crippen LogP contribution in [0.25, 0.3) is 0 Å². The molecule has 0 unspecified atom stereocenters. The van der Waals surface area contributed by atoms with Gasteiger partial charge >= 0.3 is 12.5 Å². The van der Waals surface area contributed by atoms with E-state index in [2.05, 4.69) is 19.7 Å². The molecule has 2 aromatic rings. The second-order valence-electron chi connectivity index (χ2n) is 3.04. The van der Waals surface area contributed by atoms with Gasteiger partial charge in [-0.2, -0.15) is 0 Å². The number of anilines is 2. The van der Waals surface area contributed by atoms with Gasteiger partial charge in [0.15, 0.2) is 0 Å². The van der Waals surface area contributed by atoms with Gasteiger partial charge in [0.05, 0.1) is 11.9 Å². The van der Waals surface area contributed by atoms with Gasteiger partial charge in [-0.1, -0.05) is 22.7 Å². The van der Waals surface area contributed by atoms with Gasteiger partial charge in [0, 0.05) is 11.5 Å². The zero-order valence-corrected chi connectivity index (χ0v) is 9.83. The fourth-order valence-electron chi connectivity index (χ4n) is 1.21. The van der Waals surface area contributed by atoms with E-state index >= 15 is 0 Å². The molecule has 1 aromatic carbocycles. The smallest absolute Gasteiger partial charge is 0.335 e. The summed E-state index contributed by atoms with van der Waals surface area (Å²) in [5.74, 6) is 0. The number of amides is 2. The highest BCUT2D eigenvalue weighted by Crippen LogP contribution is 2.16. The van der Waals surface area contributed by atoms with Gasteiger partial charge in [0.2, 0.25) is 0 Å². The quantitative estimate of drug-likeness (QED) is 0.670. The normalized spacial score (nSPS) is 9.56. The Labute approximate surface area is 106 Å². The van der Waals surface area contributed by atoms with E-state index in [0.717, 1.165) is 16.6 Å². The lowest BCUT2D eigenvalue weighted by Gasteiger charge is -2.18. The molecule has 0 aliphatic heterocycles. The van der Waals surface area contributed by atoms with Crippen molar-refractivity contribution in [1.29, 1.82) is 0 Å². The predicted octanol–water partition coefficient (Wildman–Crippen LogP) is 1.66. The summed E-state index contributed by atoms with van der Waals surface area (Å²) in [6, 6.07) is 7.88. The van der Waals surface area contributed by atoms with Crippen LogP contribution in [0, 0.1) is 0 Å². The van der Waals surface area contributed by atoms with Gasteiger partial charge < -0.3 is 4.84 Å². The summed E-state index contributed by atoms with van der Waals surface area (Å²) in [5.41, 5.74) is 0.430. The lowest BCUT2D eigenvalue weighted by atomic mass is 10.3. The predicted molar refractivity (Wildman–Crippen MR) is 65.0 cm³/mol. The number of hydroxylamine groups is 1. The minimum Gasteiger partial charge on any atom is -0.335 e. The molecule has 18 heavy (non-hydrogen) atoms. The summed E-state index contributed by atoms with van der Waals surface area (Å²) in [6.45, 7) is 0.178. The largest absolute Gasteiger partial charge is 0.360 e. The Morgan fingerprint density at radius 2 is 2.17 bits per heavy atom. The molecule has 0 saturated carbocycles. The van der Waals surface area contributed by atoms with E-state index in [9.17, 15) is 9.59 Å². The molecule has 8 heteroatoms. The molecule has 1 N–H and O–H groups in total. The fraction of sp³-hybridized carbons (Fsp3) is 0. The first-order valence-corrected chi connectivity index (χ1v) is 5.62. The van der Waals surface area contributed by atoms with Gasteiger partial charge in [-0.05, 0) is 12.1 Å².